The second kappa shape index (κ2) is 4.55. The smallest absolute Gasteiger partial charge is 0.0795 e. The van der Waals surface area contributed by atoms with Gasteiger partial charge in [-0.2, -0.15) is 5.10 Å². The lowest BCUT2D eigenvalue weighted by atomic mass is 10.2. The highest BCUT2D eigenvalue weighted by Crippen LogP contribution is 2.12. The first kappa shape index (κ1) is 10.3. The minimum atomic E-state index is 0.288. The van der Waals surface area contributed by atoms with Gasteiger partial charge < -0.3 is 5.32 Å². The first-order chi connectivity index (χ1) is 7.25. The fourth-order valence-corrected chi connectivity index (χ4v) is 2.02. The first-order valence-corrected chi connectivity index (χ1v) is 5.79. The Morgan fingerprint density at radius 3 is 3.07 bits per heavy atom. The summed E-state index contributed by atoms with van der Waals surface area (Å²) in [5, 5.41) is 9.60. The third-order valence-electron chi connectivity index (χ3n) is 2.27. The third kappa shape index (κ3) is 2.64. The van der Waals surface area contributed by atoms with Crippen LogP contribution in [0.4, 0.5) is 0 Å². The second-order valence-electron chi connectivity index (χ2n) is 3.54. The largest absolute Gasteiger partial charge is 0.305 e. The molecule has 2 aromatic heterocycles. The number of hydrogen-bond donors (Lipinski definition) is 1. The Kier molecular flexibility index (Phi) is 3.13. The Balaban J connectivity index is 1.88. The summed E-state index contributed by atoms with van der Waals surface area (Å²) in [6.45, 7) is 2.94. The van der Waals surface area contributed by atoms with Gasteiger partial charge in [0, 0.05) is 36.8 Å². The van der Waals surface area contributed by atoms with E-state index in [4.69, 9.17) is 0 Å². The molecule has 2 rings (SSSR count). The van der Waals surface area contributed by atoms with Crippen LogP contribution in [-0.4, -0.2) is 14.8 Å². The van der Waals surface area contributed by atoms with Gasteiger partial charge in [-0.1, -0.05) is 0 Å². The molecular weight excluding hydrogens is 208 g/mol. The monoisotopic (exact) mass is 222 g/mol. The van der Waals surface area contributed by atoms with Crippen LogP contribution in [0.1, 0.15) is 24.2 Å². The minimum Gasteiger partial charge on any atom is -0.305 e. The Morgan fingerprint density at radius 2 is 2.47 bits per heavy atom. The van der Waals surface area contributed by atoms with Crippen LogP contribution in [0.25, 0.3) is 0 Å². The van der Waals surface area contributed by atoms with Gasteiger partial charge in [-0.3, -0.25) is 4.68 Å². The van der Waals surface area contributed by atoms with Gasteiger partial charge in [-0.05, 0) is 6.92 Å². The van der Waals surface area contributed by atoms with Gasteiger partial charge in [0.2, 0.25) is 0 Å². The molecule has 1 N–H and O–H groups in total. The van der Waals surface area contributed by atoms with Crippen molar-refractivity contribution in [2.24, 2.45) is 7.05 Å². The van der Waals surface area contributed by atoms with Crippen LogP contribution in [0.2, 0.25) is 0 Å². The number of aryl methyl sites for hydroxylation is 1. The van der Waals surface area contributed by atoms with Crippen LogP contribution >= 0.6 is 11.3 Å². The van der Waals surface area contributed by atoms with Crippen molar-refractivity contribution >= 4 is 11.3 Å². The molecule has 2 heterocycles. The SMILES string of the molecule is CC(NCc1cnn(C)c1)c1cscn1. The van der Waals surface area contributed by atoms with E-state index in [0.717, 1.165) is 12.2 Å². The Morgan fingerprint density at radius 1 is 1.60 bits per heavy atom. The molecule has 0 aliphatic rings. The summed E-state index contributed by atoms with van der Waals surface area (Å²) < 4.78 is 1.81. The molecule has 0 fully saturated rings. The van der Waals surface area contributed by atoms with Gasteiger partial charge in [0.25, 0.3) is 0 Å². The van der Waals surface area contributed by atoms with Crippen LogP contribution in [0, 0.1) is 0 Å². The topological polar surface area (TPSA) is 42.7 Å². The molecular formula is C10H14N4S. The van der Waals surface area contributed by atoms with Crippen LogP contribution in [0.3, 0.4) is 0 Å². The molecule has 0 aliphatic heterocycles. The molecule has 15 heavy (non-hydrogen) atoms. The Bertz CT molecular complexity index is 407. The van der Waals surface area contributed by atoms with E-state index in [0.29, 0.717) is 0 Å². The molecule has 0 spiro atoms. The number of hydrogen-bond acceptors (Lipinski definition) is 4. The Labute approximate surface area is 93.0 Å². The average molecular weight is 222 g/mol. The fraction of sp³-hybridized carbons (Fsp3) is 0.400. The molecule has 80 valence electrons. The third-order valence-corrected chi connectivity index (χ3v) is 2.87. The predicted molar refractivity (Wildman–Crippen MR) is 60.6 cm³/mol. The Hall–Kier alpha value is -1.20. The fourth-order valence-electron chi connectivity index (χ4n) is 1.37. The second-order valence-corrected chi connectivity index (χ2v) is 4.26. The summed E-state index contributed by atoms with van der Waals surface area (Å²) in [7, 11) is 1.92. The van der Waals surface area contributed by atoms with E-state index in [1.165, 1.54) is 5.56 Å². The molecule has 1 unspecified atom stereocenters. The van der Waals surface area contributed by atoms with Gasteiger partial charge >= 0.3 is 0 Å². The number of nitrogens with zero attached hydrogens (tertiary/aromatic N) is 3. The highest BCUT2D eigenvalue weighted by atomic mass is 32.1. The summed E-state index contributed by atoms with van der Waals surface area (Å²) >= 11 is 1.63. The highest BCUT2D eigenvalue weighted by Gasteiger charge is 2.06. The van der Waals surface area contributed by atoms with E-state index in [1.807, 2.05) is 29.6 Å². The molecule has 0 aliphatic carbocycles. The van der Waals surface area contributed by atoms with E-state index in [1.54, 1.807) is 11.3 Å². The van der Waals surface area contributed by atoms with Gasteiger partial charge in [-0.25, -0.2) is 4.98 Å². The summed E-state index contributed by atoms with van der Waals surface area (Å²) in [5.74, 6) is 0. The maximum Gasteiger partial charge on any atom is 0.0795 e. The van der Waals surface area contributed by atoms with Gasteiger partial charge in [0.1, 0.15) is 0 Å². The van der Waals surface area contributed by atoms with Crippen LogP contribution in [0.15, 0.2) is 23.3 Å². The first-order valence-electron chi connectivity index (χ1n) is 4.84. The number of thiazole rings is 1. The van der Waals surface area contributed by atoms with E-state index >= 15 is 0 Å². The van der Waals surface area contributed by atoms with E-state index in [9.17, 15) is 0 Å². The van der Waals surface area contributed by atoms with E-state index in [2.05, 4.69) is 27.7 Å². The standard InChI is InChI=1S/C10H14N4S/c1-8(10-6-15-7-12-10)11-3-9-4-13-14(2)5-9/h4-8,11H,3H2,1-2H3. The van der Waals surface area contributed by atoms with Crippen molar-refractivity contribution in [2.75, 3.05) is 0 Å². The lowest BCUT2D eigenvalue weighted by Crippen LogP contribution is -2.17. The van der Waals surface area contributed by atoms with Crippen molar-refractivity contribution in [1.82, 2.24) is 20.1 Å². The van der Waals surface area contributed by atoms with E-state index in [-0.39, 0.29) is 6.04 Å². The molecule has 0 amide bonds. The van der Waals surface area contributed by atoms with Crippen molar-refractivity contribution < 1.29 is 0 Å². The summed E-state index contributed by atoms with van der Waals surface area (Å²) in [6, 6.07) is 0.288. The van der Waals surface area contributed by atoms with Crippen molar-refractivity contribution in [3.63, 3.8) is 0 Å². The van der Waals surface area contributed by atoms with Gasteiger partial charge in [-0.15, -0.1) is 11.3 Å². The van der Waals surface area contributed by atoms with Crippen molar-refractivity contribution in [2.45, 2.75) is 19.5 Å². The number of aromatic nitrogens is 3. The molecule has 0 aromatic carbocycles. The maximum atomic E-state index is 4.27. The van der Waals surface area contributed by atoms with Crippen LogP contribution in [-0.2, 0) is 13.6 Å². The van der Waals surface area contributed by atoms with E-state index < -0.39 is 0 Å². The van der Waals surface area contributed by atoms with Crippen molar-refractivity contribution in [1.29, 1.82) is 0 Å². The van der Waals surface area contributed by atoms with Crippen molar-refractivity contribution in [3.8, 4) is 0 Å². The molecule has 1 atom stereocenters. The average Bonchev–Trinajstić information content (AvgIpc) is 2.84. The highest BCUT2D eigenvalue weighted by molar-refractivity contribution is 7.07. The molecule has 0 saturated carbocycles. The normalized spacial score (nSPS) is 12.9. The van der Waals surface area contributed by atoms with Crippen LogP contribution < -0.4 is 5.32 Å². The summed E-state index contributed by atoms with van der Waals surface area (Å²) in [5.41, 5.74) is 4.15. The molecule has 0 radical (unpaired) electrons. The zero-order valence-corrected chi connectivity index (χ0v) is 9.66. The molecule has 0 saturated heterocycles. The molecule has 5 heteroatoms. The summed E-state index contributed by atoms with van der Waals surface area (Å²) in [4.78, 5) is 4.27. The molecule has 0 bridgehead atoms. The zero-order valence-electron chi connectivity index (χ0n) is 8.84. The minimum absolute atomic E-state index is 0.288. The molecule has 4 nitrogen and oxygen atoms in total. The lowest BCUT2D eigenvalue weighted by Gasteiger charge is -2.09. The van der Waals surface area contributed by atoms with Gasteiger partial charge in [0.05, 0.1) is 17.4 Å². The lowest BCUT2D eigenvalue weighted by molar-refractivity contribution is 0.564. The zero-order chi connectivity index (χ0) is 10.7. The molecule has 2 aromatic rings. The quantitative estimate of drug-likeness (QED) is 0.856. The predicted octanol–water partition coefficient (Wildman–Crippen LogP) is 1.73. The number of nitrogens with one attached hydrogen (secondary N) is 1. The maximum absolute atomic E-state index is 4.27. The van der Waals surface area contributed by atoms with Crippen LogP contribution in [0.5, 0.6) is 0 Å². The number of rotatable bonds is 4. The van der Waals surface area contributed by atoms with Crippen molar-refractivity contribution in [3.05, 3.63) is 34.5 Å². The summed E-state index contributed by atoms with van der Waals surface area (Å²) in [6.07, 6.45) is 3.89. The van der Waals surface area contributed by atoms with Gasteiger partial charge in [0.15, 0.2) is 0 Å².